The van der Waals surface area contributed by atoms with Crippen molar-refractivity contribution >= 4 is 5.78 Å². The summed E-state index contributed by atoms with van der Waals surface area (Å²) < 4.78 is 15.2. The van der Waals surface area contributed by atoms with Crippen molar-refractivity contribution in [3.63, 3.8) is 0 Å². The first kappa shape index (κ1) is 13.1. The van der Waals surface area contributed by atoms with Crippen molar-refractivity contribution in [2.45, 2.75) is 6.92 Å². The summed E-state index contributed by atoms with van der Waals surface area (Å²) in [6, 6.07) is 5.01. The average molecular weight is 236 g/mol. The Morgan fingerprint density at radius 2 is 1.94 bits per heavy atom. The molecular weight excluding hydrogens is 220 g/mol. The molecule has 0 spiro atoms. The summed E-state index contributed by atoms with van der Waals surface area (Å²) in [5.41, 5.74) is 0.526. The van der Waals surface area contributed by atoms with Crippen LogP contribution in [-0.4, -0.2) is 26.6 Å². The molecule has 0 radical (unpaired) electrons. The molecule has 1 aromatic carbocycles. The summed E-state index contributed by atoms with van der Waals surface area (Å²) in [5.74, 6) is 0.986. The molecule has 4 nitrogen and oxygen atoms in total. The summed E-state index contributed by atoms with van der Waals surface area (Å²) >= 11 is 0. The summed E-state index contributed by atoms with van der Waals surface area (Å²) in [4.78, 5) is 11.7. The van der Waals surface area contributed by atoms with Gasteiger partial charge in [0.2, 0.25) is 0 Å². The van der Waals surface area contributed by atoms with Crippen molar-refractivity contribution in [3.8, 4) is 11.5 Å². The van der Waals surface area contributed by atoms with Crippen LogP contribution in [-0.2, 0) is 4.74 Å². The number of rotatable bonds is 6. The Morgan fingerprint density at radius 1 is 1.24 bits per heavy atom. The van der Waals surface area contributed by atoms with Gasteiger partial charge in [0.1, 0.15) is 0 Å². The lowest BCUT2D eigenvalue weighted by molar-refractivity contribution is 0.104. The van der Waals surface area contributed by atoms with Crippen molar-refractivity contribution in [2.24, 2.45) is 0 Å². The molecule has 92 valence electrons. The molecule has 1 aromatic rings. The third-order valence-electron chi connectivity index (χ3n) is 2.15. The van der Waals surface area contributed by atoms with Crippen LogP contribution in [0.1, 0.15) is 17.3 Å². The molecule has 0 unspecified atom stereocenters. The van der Waals surface area contributed by atoms with Crippen LogP contribution in [0.15, 0.2) is 30.5 Å². The maximum atomic E-state index is 11.7. The Bertz CT molecular complexity index is 410. The minimum Gasteiger partial charge on any atom is -0.501 e. The second-order valence-corrected chi connectivity index (χ2v) is 3.19. The van der Waals surface area contributed by atoms with E-state index >= 15 is 0 Å². The van der Waals surface area contributed by atoms with Gasteiger partial charge >= 0.3 is 0 Å². The zero-order valence-corrected chi connectivity index (χ0v) is 10.2. The van der Waals surface area contributed by atoms with E-state index < -0.39 is 0 Å². The third kappa shape index (κ3) is 3.52. The highest BCUT2D eigenvalue weighted by Gasteiger charge is 2.08. The highest BCUT2D eigenvalue weighted by molar-refractivity contribution is 6.04. The van der Waals surface area contributed by atoms with Gasteiger partial charge < -0.3 is 14.2 Å². The molecule has 4 heteroatoms. The standard InChI is InChI=1S/C13H16O4/c1-4-17-8-7-11(14)10-5-6-12(15-2)13(9-10)16-3/h5-9H,4H2,1-3H3. The fourth-order valence-corrected chi connectivity index (χ4v) is 1.29. The van der Waals surface area contributed by atoms with Crippen LogP contribution in [0.4, 0.5) is 0 Å². The lowest BCUT2D eigenvalue weighted by Gasteiger charge is -2.07. The highest BCUT2D eigenvalue weighted by Crippen LogP contribution is 2.27. The van der Waals surface area contributed by atoms with Gasteiger partial charge in [-0.1, -0.05) is 0 Å². The van der Waals surface area contributed by atoms with Gasteiger partial charge in [0.05, 0.1) is 27.1 Å². The van der Waals surface area contributed by atoms with Crippen LogP contribution < -0.4 is 9.47 Å². The zero-order chi connectivity index (χ0) is 12.7. The molecule has 0 fully saturated rings. The number of methoxy groups -OCH3 is 2. The van der Waals surface area contributed by atoms with Crippen LogP contribution >= 0.6 is 0 Å². The predicted octanol–water partition coefficient (Wildman–Crippen LogP) is 2.44. The molecule has 0 aromatic heterocycles. The molecule has 0 atom stereocenters. The van der Waals surface area contributed by atoms with Gasteiger partial charge in [-0.25, -0.2) is 0 Å². The molecule has 0 bridgehead atoms. The van der Waals surface area contributed by atoms with Crippen molar-refractivity contribution < 1.29 is 19.0 Å². The van der Waals surface area contributed by atoms with Crippen LogP contribution in [0, 0.1) is 0 Å². The molecule has 17 heavy (non-hydrogen) atoms. The predicted molar refractivity (Wildman–Crippen MR) is 64.6 cm³/mol. The number of ketones is 1. The van der Waals surface area contributed by atoms with Gasteiger partial charge in [0.15, 0.2) is 17.3 Å². The number of benzene rings is 1. The molecule has 0 heterocycles. The number of carbonyl (C=O) groups excluding carboxylic acids is 1. The van der Waals surface area contributed by atoms with Crippen LogP contribution in [0.2, 0.25) is 0 Å². The van der Waals surface area contributed by atoms with E-state index in [2.05, 4.69) is 0 Å². The van der Waals surface area contributed by atoms with Crippen LogP contribution in [0.5, 0.6) is 11.5 Å². The van der Waals surface area contributed by atoms with E-state index in [-0.39, 0.29) is 5.78 Å². The fourth-order valence-electron chi connectivity index (χ4n) is 1.29. The Labute approximate surface area is 101 Å². The van der Waals surface area contributed by atoms with Crippen LogP contribution in [0.25, 0.3) is 0 Å². The SMILES string of the molecule is CCOC=CC(=O)c1ccc(OC)c(OC)c1. The molecule has 0 aliphatic heterocycles. The molecular formula is C13H16O4. The van der Waals surface area contributed by atoms with Gasteiger partial charge in [0, 0.05) is 11.6 Å². The van der Waals surface area contributed by atoms with E-state index in [1.165, 1.54) is 19.4 Å². The Kier molecular flexibility index (Phi) is 5.07. The molecule has 0 aliphatic carbocycles. The maximum absolute atomic E-state index is 11.7. The number of allylic oxidation sites excluding steroid dienone is 1. The summed E-state index contributed by atoms with van der Waals surface area (Å²) in [6.45, 7) is 2.39. The monoisotopic (exact) mass is 236 g/mol. The number of ether oxygens (including phenoxy) is 3. The normalized spacial score (nSPS) is 10.3. The first-order chi connectivity index (χ1) is 8.22. The Hall–Kier alpha value is -1.97. The summed E-state index contributed by atoms with van der Waals surface area (Å²) in [5, 5.41) is 0. The topological polar surface area (TPSA) is 44.8 Å². The fraction of sp³-hybridized carbons (Fsp3) is 0.308. The number of hydrogen-bond acceptors (Lipinski definition) is 4. The highest BCUT2D eigenvalue weighted by atomic mass is 16.5. The molecule has 1 rings (SSSR count). The van der Waals surface area contributed by atoms with E-state index in [1.807, 2.05) is 6.92 Å². The van der Waals surface area contributed by atoms with Crippen molar-refractivity contribution in [1.29, 1.82) is 0 Å². The van der Waals surface area contributed by atoms with Gasteiger partial charge in [-0.2, -0.15) is 0 Å². The first-order valence-corrected chi connectivity index (χ1v) is 5.27. The molecule has 0 saturated carbocycles. The van der Waals surface area contributed by atoms with Gasteiger partial charge in [-0.15, -0.1) is 0 Å². The second kappa shape index (κ2) is 6.58. The van der Waals surface area contributed by atoms with Gasteiger partial charge in [-0.05, 0) is 25.1 Å². The van der Waals surface area contributed by atoms with Crippen molar-refractivity contribution in [2.75, 3.05) is 20.8 Å². The number of hydrogen-bond donors (Lipinski definition) is 0. The lowest BCUT2D eigenvalue weighted by Crippen LogP contribution is -1.97. The van der Waals surface area contributed by atoms with Gasteiger partial charge in [-0.3, -0.25) is 4.79 Å². The Balaban J connectivity index is 2.88. The minimum atomic E-state index is -0.139. The summed E-state index contributed by atoms with van der Waals surface area (Å²) in [7, 11) is 3.08. The van der Waals surface area contributed by atoms with Crippen molar-refractivity contribution in [3.05, 3.63) is 36.1 Å². The largest absolute Gasteiger partial charge is 0.501 e. The minimum absolute atomic E-state index is 0.139. The Morgan fingerprint density at radius 3 is 2.53 bits per heavy atom. The van der Waals surface area contributed by atoms with E-state index in [1.54, 1.807) is 25.3 Å². The maximum Gasteiger partial charge on any atom is 0.189 e. The van der Waals surface area contributed by atoms with Crippen LogP contribution in [0.3, 0.4) is 0 Å². The van der Waals surface area contributed by atoms with E-state index in [0.717, 1.165) is 0 Å². The van der Waals surface area contributed by atoms with E-state index in [4.69, 9.17) is 14.2 Å². The zero-order valence-electron chi connectivity index (χ0n) is 10.2. The van der Waals surface area contributed by atoms with Crippen molar-refractivity contribution in [1.82, 2.24) is 0 Å². The van der Waals surface area contributed by atoms with Gasteiger partial charge in [0.25, 0.3) is 0 Å². The molecule has 0 amide bonds. The average Bonchev–Trinajstić information content (AvgIpc) is 2.38. The third-order valence-corrected chi connectivity index (χ3v) is 2.15. The smallest absolute Gasteiger partial charge is 0.189 e. The second-order valence-electron chi connectivity index (χ2n) is 3.19. The lowest BCUT2D eigenvalue weighted by atomic mass is 10.1. The molecule has 0 aliphatic rings. The molecule has 0 N–H and O–H groups in total. The molecule has 0 saturated heterocycles. The quantitative estimate of drug-likeness (QED) is 0.432. The number of carbonyl (C=O) groups is 1. The summed E-state index contributed by atoms with van der Waals surface area (Å²) in [6.07, 6.45) is 2.77. The first-order valence-electron chi connectivity index (χ1n) is 5.27. The van der Waals surface area contributed by atoms with E-state index in [9.17, 15) is 4.79 Å². The van der Waals surface area contributed by atoms with E-state index in [0.29, 0.717) is 23.7 Å².